The van der Waals surface area contributed by atoms with Gasteiger partial charge in [0.25, 0.3) is 0 Å². The predicted octanol–water partition coefficient (Wildman–Crippen LogP) is 3.93. The van der Waals surface area contributed by atoms with E-state index in [4.69, 9.17) is 11.6 Å². The van der Waals surface area contributed by atoms with Crippen molar-refractivity contribution >= 4 is 23.4 Å². The fourth-order valence-corrected chi connectivity index (χ4v) is 3.63. The van der Waals surface area contributed by atoms with Gasteiger partial charge < -0.3 is 4.90 Å². The number of piperazine rings is 1. The lowest BCUT2D eigenvalue weighted by Gasteiger charge is -2.39. The van der Waals surface area contributed by atoms with Crippen molar-refractivity contribution in [2.75, 3.05) is 19.6 Å². The molecule has 2 aromatic rings. The van der Waals surface area contributed by atoms with Crippen LogP contribution in [0.5, 0.6) is 0 Å². The van der Waals surface area contributed by atoms with Gasteiger partial charge in [-0.1, -0.05) is 11.6 Å². The minimum atomic E-state index is -4.46. The van der Waals surface area contributed by atoms with Crippen molar-refractivity contribution in [3.63, 3.8) is 0 Å². The lowest BCUT2D eigenvalue weighted by molar-refractivity contribution is -0.137. The molecule has 1 saturated heterocycles. The first kappa shape index (κ1) is 21.3. The van der Waals surface area contributed by atoms with Crippen LogP contribution in [0.1, 0.15) is 35.5 Å². The highest BCUT2D eigenvalue weighted by Gasteiger charge is 2.32. The highest BCUT2D eigenvalue weighted by molar-refractivity contribution is 6.30. The van der Waals surface area contributed by atoms with Crippen molar-refractivity contribution in [2.45, 2.75) is 32.6 Å². The van der Waals surface area contributed by atoms with Crippen LogP contribution < -0.4 is 0 Å². The number of carbonyl (C=O) groups is 2. The van der Waals surface area contributed by atoms with Crippen molar-refractivity contribution in [1.29, 1.82) is 0 Å². The molecular weight excluding hydrogens is 409 g/mol. The molecule has 156 valence electrons. The van der Waals surface area contributed by atoms with Gasteiger partial charge in [0.05, 0.1) is 5.56 Å². The van der Waals surface area contributed by atoms with Gasteiger partial charge in [-0.2, -0.15) is 23.0 Å². The maximum atomic E-state index is 13.0. The zero-order valence-corrected chi connectivity index (χ0v) is 16.7. The predicted molar refractivity (Wildman–Crippen MR) is 101 cm³/mol. The molecule has 1 atom stereocenters. The van der Waals surface area contributed by atoms with Crippen molar-refractivity contribution in [1.82, 2.24) is 19.6 Å². The van der Waals surface area contributed by atoms with Crippen LogP contribution >= 0.6 is 11.6 Å². The quantitative estimate of drug-likeness (QED) is 0.695. The summed E-state index contributed by atoms with van der Waals surface area (Å²) in [5.41, 5.74) is -0.0946. The monoisotopic (exact) mass is 428 g/mol. The van der Waals surface area contributed by atoms with Crippen LogP contribution in [0.15, 0.2) is 30.5 Å². The van der Waals surface area contributed by atoms with Crippen LogP contribution in [0.25, 0.3) is 0 Å². The third kappa shape index (κ3) is 4.97. The summed E-state index contributed by atoms with van der Waals surface area (Å²) in [6, 6.07) is 4.49. The number of ketones is 1. The Morgan fingerprint density at radius 3 is 2.55 bits per heavy atom. The second kappa shape index (κ2) is 8.16. The molecule has 0 spiro atoms. The largest absolute Gasteiger partial charge is 0.416 e. The van der Waals surface area contributed by atoms with Crippen LogP contribution in [-0.2, 0) is 12.7 Å². The number of aromatic nitrogens is 2. The summed E-state index contributed by atoms with van der Waals surface area (Å²) in [6.45, 7) is 4.90. The molecule has 3 rings (SSSR count). The van der Waals surface area contributed by atoms with Gasteiger partial charge in [-0.05, 0) is 36.8 Å². The van der Waals surface area contributed by atoms with Crippen molar-refractivity contribution < 1.29 is 22.8 Å². The second-order valence-electron chi connectivity index (χ2n) is 7.11. The van der Waals surface area contributed by atoms with E-state index in [9.17, 15) is 22.8 Å². The number of hydrogen-bond donors (Lipinski definition) is 0. The van der Waals surface area contributed by atoms with E-state index in [1.807, 2.05) is 11.8 Å². The molecule has 6 nitrogen and oxygen atoms in total. The Kier molecular flexibility index (Phi) is 6.00. The summed E-state index contributed by atoms with van der Waals surface area (Å²) in [5, 5.41) is 4.03. The molecule has 2 heterocycles. The van der Waals surface area contributed by atoms with Gasteiger partial charge in [-0.3, -0.25) is 9.69 Å². The number of Topliss-reactive ketones (excluding diaryl/α,β-unsaturated/α-hetero) is 1. The zero-order valence-electron chi connectivity index (χ0n) is 15.9. The first-order valence-electron chi connectivity index (χ1n) is 9.01. The summed E-state index contributed by atoms with van der Waals surface area (Å²) >= 11 is 5.85. The van der Waals surface area contributed by atoms with Gasteiger partial charge in [0.1, 0.15) is 5.69 Å². The number of alkyl halides is 3. The molecule has 1 aromatic heterocycles. The van der Waals surface area contributed by atoms with Crippen LogP contribution in [0, 0.1) is 0 Å². The summed E-state index contributed by atoms with van der Waals surface area (Å²) in [7, 11) is 0. The smallest absolute Gasteiger partial charge is 0.318 e. The summed E-state index contributed by atoms with van der Waals surface area (Å²) < 4.78 is 40.1. The normalized spacial score (nSPS) is 18.1. The third-order valence-corrected chi connectivity index (χ3v) is 5.01. The van der Waals surface area contributed by atoms with Crippen molar-refractivity contribution in [3.8, 4) is 0 Å². The minimum Gasteiger partial charge on any atom is -0.318 e. The van der Waals surface area contributed by atoms with Gasteiger partial charge in [0, 0.05) is 50.4 Å². The topological polar surface area (TPSA) is 58.4 Å². The van der Waals surface area contributed by atoms with Gasteiger partial charge in [0.15, 0.2) is 5.78 Å². The Bertz CT molecular complexity index is 928. The number of hydrogen-bond acceptors (Lipinski definition) is 4. The number of benzene rings is 1. The molecular formula is C19H20ClF3N4O2. The molecule has 0 saturated carbocycles. The Morgan fingerprint density at radius 2 is 1.97 bits per heavy atom. The van der Waals surface area contributed by atoms with E-state index in [-0.39, 0.29) is 28.6 Å². The van der Waals surface area contributed by atoms with Crippen LogP contribution in [-0.4, -0.2) is 57.1 Å². The van der Waals surface area contributed by atoms with Gasteiger partial charge in [0.2, 0.25) is 0 Å². The molecule has 0 bridgehead atoms. The Balaban J connectivity index is 1.66. The number of amides is 1. The maximum absolute atomic E-state index is 13.0. The first-order chi connectivity index (χ1) is 13.5. The summed E-state index contributed by atoms with van der Waals surface area (Å²) in [5.74, 6) is -0.228. The van der Waals surface area contributed by atoms with Crippen LogP contribution in [0.3, 0.4) is 0 Å². The Hall–Kier alpha value is -2.39. The second-order valence-corrected chi connectivity index (χ2v) is 7.54. The van der Waals surface area contributed by atoms with E-state index in [1.54, 1.807) is 4.90 Å². The highest BCUT2D eigenvalue weighted by atomic mass is 35.5. The molecule has 1 aliphatic rings. The molecule has 1 fully saturated rings. The van der Waals surface area contributed by atoms with Gasteiger partial charge >= 0.3 is 12.2 Å². The molecule has 29 heavy (non-hydrogen) atoms. The first-order valence-corrected chi connectivity index (χ1v) is 9.39. The molecule has 1 aromatic carbocycles. The third-order valence-electron chi connectivity index (χ3n) is 4.79. The molecule has 1 aliphatic heterocycles. The molecule has 0 unspecified atom stereocenters. The molecule has 0 aliphatic carbocycles. The zero-order chi connectivity index (χ0) is 21.3. The van der Waals surface area contributed by atoms with E-state index in [2.05, 4.69) is 5.10 Å². The molecule has 0 N–H and O–H groups in total. The van der Waals surface area contributed by atoms with E-state index >= 15 is 0 Å². The Labute approximate surface area is 170 Å². The number of carbonyl (C=O) groups excluding carboxylic acids is 2. The minimum absolute atomic E-state index is 0.0386. The Morgan fingerprint density at radius 1 is 1.24 bits per heavy atom. The number of halogens is 4. The molecule has 1 amide bonds. The number of nitrogens with zero attached hydrogens (tertiary/aromatic N) is 4. The summed E-state index contributed by atoms with van der Waals surface area (Å²) in [6.07, 6.45) is -3.01. The molecule has 10 heteroatoms. The van der Waals surface area contributed by atoms with Crippen LogP contribution in [0.4, 0.5) is 18.0 Å². The molecule has 0 radical (unpaired) electrons. The van der Waals surface area contributed by atoms with E-state index in [0.717, 1.165) is 16.8 Å². The maximum Gasteiger partial charge on any atom is 0.416 e. The van der Waals surface area contributed by atoms with E-state index in [1.165, 1.54) is 25.3 Å². The summed E-state index contributed by atoms with van der Waals surface area (Å²) in [4.78, 5) is 27.6. The van der Waals surface area contributed by atoms with Crippen molar-refractivity contribution in [3.05, 3.63) is 52.3 Å². The average Bonchev–Trinajstić information content (AvgIpc) is 3.10. The lowest BCUT2D eigenvalue weighted by Crippen LogP contribution is -2.54. The fraction of sp³-hybridized carbons (Fsp3) is 0.421. The van der Waals surface area contributed by atoms with Crippen LogP contribution in [0.2, 0.25) is 5.02 Å². The van der Waals surface area contributed by atoms with Gasteiger partial charge in [-0.25, -0.2) is 4.79 Å². The highest BCUT2D eigenvalue weighted by Crippen LogP contribution is 2.32. The van der Waals surface area contributed by atoms with Crippen molar-refractivity contribution in [2.24, 2.45) is 0 Å². The standard InChI is InChI=1S/C19H20ClF3N4O2/c1-12-10-25(11-14-7-15(19(21,22)23)9-16(20)8-14)5-6-26(12)18(29)27-4-3-17(24-27)13(2)28/h3-4,7-9,12H,5-6,10-11H2,1-2H3/t12-/m0/s1. The number of rotatable bonds is 3. The SMILES string of the molecule is CC(=O)c1ccn(C(=O)N2CCN(Cc3cc(Cl)cc(C(F)(F)F)c3)C[C@@H]2C)n1. The fourth-order valence-electron chi connectivity index (χ4n) is 3.37. The average molecular weight is 429 g/mol. The lowest BCUT2D eigenvalue weighted by atomic mass is 10.1. The van der Waals surface area contributed by atoms with Gasteiger partial charge in [-0.15, -0.1) is 0 Å². The van der Waals surface area contributed by atoms with E-state index < -0.39 is 11.7 Å². The van der Waals surface area contributed by atoms with E-state index in [0.29, 0.717) is 31.7 Å².